The molecule has 0 saturated carbocycles. The highest BCUT2D eigenvalue weighted by molar-refractivity contribution is 6.29. The Morgan fingerprint density at radius 1 is 1.07 bits per heavy atom. The van der Waals surface area contributed by atoms with Gasteiger partial charge in [0.25, 0.3) is 0 Å². The van der Waals surface area contributed by atoms with Crippen molar-refractivity contribution < 1.29 is 4.39 Å². The molecule has 2 heterocycles. The summed E-state index contributed by atoms with van der Waals surface area (Å²) in [5.74, 6) is 0. The number of nitrogens with zero attached hydrogens (tertiary/aromatic N) is 3. The Bertz CT molecular complexity index is 444. The second-order valence-corrected chi connectivity index (χ2v) is 3.00. The van der Waals surface area contributed by atoms with Crippen molar-refractivity contribution in [2.75, 3.05) is 0 Å². The van der Waals surface area contributed by atoms with E-state index in [0.29, 0.717) is 10.7 Å². The van der Waals surface area contributed by atoms with Gasteiger partial charge in [0.15, 0.2) is 0 Å². The van der Waals surface area contributed by atoms with Gasteiger partial charge in [-0.25, -0.2) is 15.0 Å². The zero-order valence-corrected chi connectivity index (χ0v) is 7.74. The van der Waals surface area contributed by atoms with Gasteiger partial charge in [-0.15, -0.1) is 0 Å². The molecule has 0 aromatic carbocycles. The van der Waals surface area contributed by atoms with Crippen molar-refractivity contribution in [2.45, 2.75) is 0 Å². The zero-order valence-electron chi connectivity index (χ0n) is 6.98. The summed E-state index contributed by atoms with van der Waals surface area (Å²) in [6.45, 7) is 0. The van der Waals surface area contributed by atoms with Gasteiger partial charge in [-0.1, -0.05) is 11.6 Å². The lowest BCUT2D eigenvalue weighted by molar-refractivity contribution is 0.539. The van der Waals surface area contributed by atoms with Crippen molar-refractivity contribution in [1.82, 2.24) is 15.0 Å². The predicted octanol–water partition coefficient (Wildman–Crippen LogP) is 2.33. The molecule has 2 aromatic rings. The van der Waals surface area contributed by atoms with Crippen molar-refractivity contribution in [3.8, 4) is 11.1 Å². The van der Waals surface area contributed by atoms with Crippen molar-refractivity contribution in [1.29, 1.82) is 0 Å². The van der Waals surface area contributed by atoms with Crippen LogP contribution in [-0.4, -0.2) is 15.0 Å². The molecule has 0 spiro atoms. The molecule has 0 atom stereocenters. The molecule has 0 bridgehead atoms. The molecule has 0 fully saturated rings. The number of aromatic nitrogens is 3. The molecule has 0 aliphatic heterocycles. The summed E-state index contributed by atoms with van der Waals surface area (Å²) in [5, 5.41) is 0.381. The summed E-state index contributed by atoms with van der Waals surface area (Å²) in [6.07, 6.45) is 3.62. The number of halogens is 2. The molecule has 3 nitrogen and oxygen atoms in total. The molecule has 0 aliphatic carbocycles. The number of rotatable bonds is 1. The van der Waals surface area contributed by atoms with E-state index < -0.39 is 6.08 Å². The highest BCUT2D eigenvalue weighted by Crippen LogP contribution is 2.19. The van der Waals surface area contributed by atoms with Gasteiger partial charge in [-0.2, -0.15) is 4.39 Å². The summed E-state index contributed by atoms with van der Waals surface area (Å²) in [7, 11) is 0. The van der Waals surface area contributed by atoms with Crippen molar-refractivity contribution in [3.05, 3.63) is 42.0 Å². The number of hydrogen-bond acceptors (Lipinski definition) is 3. The van der Waals surface area contributed by atoms with Crippen LogP contribution in [0.2, 0.25) is 5.15 Å². The molecule has 2 aromatic heterocycles. The first kappa shape index (κ1) is 9.02. The summed E-state index contributed by atoms with van der Waals surface area (Å²) in [5.41, 5.74) is 1.51. The van der Waals surface area contributed by atoms with Crippen LogP contribution in [0.5, 0.6) is 0 Å². The van der Waals surface area contributed by atoms with Gasteiger partial charge >= 0.3 is 6.08 Å². The average Bonchev–Trinajstić information content (AvgIpc) is 2.19. The molecule has 0 aliphatic rings. The van der Waals surface area contributed by atoms with Gasteiger partial charge in [-0.3, -0.25) is 0 Å². The minimum Gasteiger partial charge on any atom is -0.245 e. The molecular weight excluding hydrogens is 205 g/mol. The SMILES string of the molecule is Fc1ncc(-c2ccnc(Cl)c2)cn1. The van der Waals surface area contributed by atoms with E-state index in [1.54, 1.807) is 18.3 Å². The van der Waals surface area contributed by atoms with Crippen LogP contribution in [-0.2, 0) is 0 Å². The Kier molecular flexibility index (Phi) is 2.37. The van der Waals surface area contributed by atoms with E-state index in [0.717, 1.165) is 5.56 Å². The minimum absolute atomic E-state index is 0.381. The molecule has 14 heavy (non-hydrogen) atoms. The maximum Gasteiger partial charge on any atom is 0.308 e. The van der Waals surface area contributed by atoms with E-state index in [1.807, 2.05) is 0 Å². The molecule has 0 amide bonds. The number of pyridine rings is 1. The van der Waals surface area contributed by atoms with Gasteiger partial charge in [0.2, 0.25) is 0 Å². The van der Waals surface area contributed by atoms with Crippen LogP contribution < -0.4 is 0 Å². The van der Waals surface area contributed by atoms with E-state index in [2.05, 4.69) is 15.0 Å². The van der Waals surface area contributed by atoms with Gasteiger partial charge in [-0.05, 0) is 17.7 Å². The third-order valence-corrected chi connectivity index (χ3v) is 1.89. The second-order valence-electron chi connectivity index (χ2n) is 2.61. The lowest BCUT2D eigenvalue weighted by Crippen LogP contribution is -1.88. The first-order valence-corrected chi connectivity index (χ1v) is 4.23. The number of hydrogen-bond donors (Lipinski definition) is 0. The Morgan fingerprint density at radius 2 is 1.79 bits per heavy atom. The fourth-order valence-electron chi connectivity index (χ4n) is 1.04. The lowest BCUT2D eigenvalue weighted by atomic mass is 10.1. The standard InChI is InChI=1S/C9H5ClFN3/c10-8-3-6(1-2-12-8)7-4-13-9(11)14-5-7/h1-5H. The molecular formula is C9H5ClFN3. The smallest absolute Gasteiger partial charge is 0.245 e. The Morgan fingerprint density at radius 3 is 2.43 bits per heavy atom. The second kappa shape index (κ2) is 3.67. The Hall–Kier alpha value is -1.55. The van der Waals surface area contributed by atoms with Crippen molar-refractivity contribution >= 4 is 11.6 Å². The summed E-state index contributed by atoms with van der Waals surface area (Å²) >= 11 is 5.70. The van der Waals surface area contributed by atoms with E-state index >= 15 is 0 Å². The minimum atomic E-state index is -0.742. The van der Waals surface area contributed by atoms with Crippen LogP contribution in [0, 0.1) is 6.08 Å². The van der Waals surface area contributed by atoms with E-state index in [-0.39, 0.29) is 0 Å². The van der Waals surface area contributed by atoms with Crippen LogP contribution in [0.3, 0.4) is 0 Å². The summed E-state index contributed by atoms with van der Waals surface area (Å²) in [4.78, 5) is 10.7. The van der Waals surface area contributed by atoms with Gasteiger partial charge in [0.1, 0.15) is 5.15 Å². The van der Waals surface area contributed by atoms with Gasteiger partial charge in [0, 0.05) is 24.2 Å². The van der Waals surface area contributed by atoms with Gasteiger partial charge in [0.05, 0.1) is 0 Å². The monoisotopic (exact) mass is 209 g/mol. The lowest BCUT2D eigenvalue weighted by Gasteiger charge is -1.99. The average molecular weight is 210 g/mol. The third-order valence-electron chi connectivity index (χ3n) is 1.68. The summed E-state index contributed by atoms with van der Waals surface area (Å²) in [6, 6.07) is 3.42. The molecule has 0 N–H and O–H groups in total. The zero-order chi connectivity index (χ0) is 9.97. The van der Waals surface area contributed by atoms with Crippen molar-refractivity contribution in [3.63, 3.8) is 0 Å². The predicted molar refractivity (Wildman–Crippen MR) is 50.2 cm³/mol. The highest BCUT2D eigenvalue weighted by Gasteiger charge is 2.00. The molecule has 0 unspecified atom stereocenters. The quantitative estimate of drug-likeness (QED) is 0.535. The van der Waals surface area contributed by atoms with Crippen LogP contribution >= 0.6 is 11.6 Å². The van der Waals surface area contributed by atoms with E-state index in [1.165, 1.54) is 12.4 Å². The largest absolute Gasteiger partial charge is 0.308 e. The third kappa shape index (κ3) is 1.85. The fourth-order valence-corrected chi connectivity index (χ4v) is 1.22. The maximum atomic E-state index is 12.4. The maximum absolute atomic E-state index is 12.4. The normalized spacial score (nSPS) is 10.1. The first-order valence-electron chi connectivity index (χ1n) is 3.85. The first-order chi connectivity index (χ1) is 6.75. The fraction of sp³-hybridized carbons (Fsp3) is 0. The van der Waals surface area contributed by atoms with Gasteiger partial charge < -0.3 is 0 Å². The Labute approximate surface area is 84.6 Å². The van der Waals surface area contributed by atoms with Crippen LogP contribution in [0.4, 0.5) is 4.39 Å². The highest BCUT2D eigenvalue weighted by atomic mass is 35.5. The topological polar surface area (TPSA) is 38.7 Å². The molecule has 0 radical (unpaired) electrons. The summed E-state index contributed by atoms with van der Waals surface area (Å²) < 4.78 is 12.4. The van der Waals surface area contributed by atoms with Crippen LogP contribution in [0.25, 0.3) is 11.1 Å². The molecule has 5 heteroatoms. The van der Waals surface area contributed by atoms with Crippen LogP contribution in [0.1, 0.15) is 0 Å². The molecule has 0 saturated heterocycles. The van der Waals surface area contributed by atoms with E-state index in [4.69, 9.17) is 11.6 Å². The van der Waals surface area contributed by atoms with Crippen molar-refractivity contribution in [2.24, 2.45) is 0 Å². The molecule has 70 valence electrons. The van der Waals surface area contributed by atoms with E-state index in [9.17, 15) is 4.39 Å². The van der Waals surface area contributed by atoms with Crippen LogP contribution in [0.15, 0.2) is 30.7 Å². The Balaban J connectivity index is 2.44. The molecule has 2 rings (SSSR count).